The van der Waals surface area contributed by atoms with Crippen molar-refractivity contribution >= 4 is 11.5 Å². The SMILES string of the molecule is C=C/C(=N\C(=N/C)c1ccc(C)c(F)c1)C(F)(F)F. The number of hydrogen-bond acceptors (Lipinski definition) is 1. The number of aryl methyl sites for hydroxylation is 1. The summed E-state index contributed by atoms with van der Waals surface area (Å²) in [5.41, 5.74) is -0.605. The number of aliphatic imine (C=N–C) groups is 2. The Morgan fingerprint density at radius 3 is 2.37 bits per heavy atom. The molecule has 0 amide bonds. The van der Waals surface area contributed by atoms with Crippen molar-refractivity contribution in [2.75, 3.05) is 7.05 Å². The van der Waals surface area contributed by atoms with E-state index in [1.165, 1.54) is 19.2 Å². The molecular formula is C13H12F4N2. The number of rotatable bonds is 2. The number of hydrogen-bond donors (Lipinski definition) is 0. The Kier molecular flexibility index (Phi) is 4.58. The maximum absolute atomic E-state index is 13.4. The van der Waals surface area contributed by atoms with Gasteiger partial charge in [0.15, 0.2) is 5.84 Å². The summed E-state index contributed by atoms with van der Waals surface area (Å²) in [7, 11) is 1.29. The maximum atomic E-state index is 13.4. The van der Waals surface area contributed by atoms with Crippen molar-refractivity contribution in [3.63, 3.8) is 0 Å². The first kappa shape index (κ1) is 15.1. The number of allylic oxidation sites excluding steroid dienone is 1. The van der Waals surface area contributed by atoms with Gasteiger partial charge in [-0.1, -0.05) is 18.7 Å². The quantitative estimate of drug-likeness (QED) is 0.445. The van der Waals surface area contributed by atoms with E-state index >= 15 is 0 Å². The zero-order chi connectivity index (χ0) is 14.6. The van der Waals surface area contributed by atoms with E-state index < -0.39 is 17.7 Å². The lowest BCUT2D eigenvalue weighted by Gasteiger charge is -2.08. The summed E-state index contributed by atoms with van der Waals surface area (Å²) in [4.78, 5) is 7.03. The second kappa shape index (κ2) is 5.77. The van der Waals surface area contributed by atoms with Crippen LogP contribution in [0.5, 0.6) is 0 Å². The van der Waals surface area contributed by atoms with Crippen LogP contribution in [0.1, 0.15) is 11.1 Å². The smallest absolute Gasteiger partial charge is 0.270 e. The van der Waals surface area contributed by atoms with Crippen molar-refractivity contribution in [2.24, 2.45) is 9.98 Å². The maximum Gasteiger partial charge on any atom is 0.433 e. The van der Waals surface area contributed by atoms with Crippen molar-refractivity contribution in [1.82, 2.24) is 0 Å². The first-order valence-electron chi connectivity index (χ1n) is 5.31. The molecule has 0 unspecified atom stereocenters. The van der Waals surface area contributed by atoms with Gasteiger partial charge in [0.05, 0.1) is 0 Å². The Bertz CT molecular complexity index is 542. The van der Waals surface area contributed by atoms with Gasteiger partial charge in [-0.2, -0.15) is 13.2 Å². The molecule has 0 aliphatic carbocycles. The monoisotopic (exact) mass is 272 g/mol. The average molecular weight is 272 g/mol. The van der Waals surface area contributed by atoms with Gasteiger partial charge in [0.2, 0.25) is 0 Å². The van der Waals surface area contributed by atoms with Crippen molar-refractivity contribution in [3.8, 4) is 0 Å². The fraction of sp³-hybridized carbons (Fsp3) is 0.231. The summed E-state index contributed by atoms with van der Waals surface area (Å²) in [5, 5.41) is 0. The largest absolute Gasteiger partial charge is 0.433 e. The third kappa shape index (κ3) is 3.74. The Morgan fingerprint density at radius 1 is 1.32 bits per heavy atom. The van der Waals surface area contributed by atoms with Crippen LogP contribution in [0.15, 0.2) is 40.8 Å². The predicted octanol–water partition coefficient (Wildman–Crippen LogP) is 3.70. The van der Waals surface area contributed by atoms with Crippen LogP contribution in [0.3, 0.4) is 0 Å². The van der Waals surface area contributed by atoms with Crippen LogP contribution in [-0.4, -0.2) is 24.8 Å². The second-order valence-electron chi connectivity index (χ2n) is 3.71. The highest BCUT2D eigenvalue weighted by Crippen LogP contribution is 2.19. The molecule has 6 heteroatoms. The molecule has 0 bridgehead atoms. The van der Waals surface area contributed by atoms with Crippen LogP contribution in [0.4, 0.5) is 17.6 Å². The van der Waals surface area contributed by atoms with E-state index in [2.05, 4.69) is 16.6 Å². The first-order chi connectivity index (χ1) is 8.79. The lowest BCUT2D eigenvalue weighted by Crippen LogP contribution is -2.22. The summed E-state index contributed by atoms with van der Waals surface area (Å²) in [5.74, 6) is -0.730. The van der Waals surface area contributed by atoms with Gasteiger partial charge in [-0.25, -0.2) is 9.38 Å². The zero-order valence-electron chi connectivity index (χ0n) is 10.4. The minimum Gasteiger partial charge on any atom is -0.270 e. The lowest BCUT2D eigenvalue weighted by molar-refractivity contribution is -0.0575. The van der Waals surface area contributed by atoms with E-state index in [1.807, 2.05) is 0 Å². The van der Waals surface area contributed by atoms with Gasteiger partial charge < -0.3 is 0 Å². The van der Waals surface area contributed by atoms with Crippen LogP contribution in [0, 0.1) is 12.7 Å². The molecule has 0 N–H and O–H groups in total. The molecule has 19 heavy (non-hydrogen) atoms. The summed E-state index contributed by atoms with van der Waals surface area (Å²) in [6, 6.07) is 4.01. The fourth-order valence-corrected chi connectivity index (χ4v) is 1.31. The molecule has 1 aromatic carbocycles. The van der Waals surface area contributed by atoms with Crippen molar-refractivity contribution in [2.45, 2.75) is 13.1 Å². The van der Waals surface area contributed by atoms with Crippen LogP contribution < -0.4 is 0 Å². The van der Waals surface area contributed by atoms with E-state index in [4.69, 9.17) is 0 Å². The Hall–Kier alpha value is -1.98. The predicted molar refractivity (Wildman–Crippen MR) is 67.3 cm³/mol. The van der Waals surface area contributed by atoms with Gasteiger partial charge in [0, 0.05) is 12.6 Å². The third-order valence-electron chi connectivity index (χ3n) is 2.35. The van der Waals surface area contributed by atoms with Crippen molar-refractivity contribution in [1.29, 1.82) is 0 Å². The number of halogens is 4. The van der Waals surface area contributed by atoms with Crippen LogP contribution in [0.2, 0.25) is 0 Å². The third-order valence-corrected chi connectivity index (χ3v) is 2.35. The molecule has 0 aromatic heterocycles. The van der Waals surface area contributed by atoms with Crippen molar-refractivity contribution < 1.29 is 17.6 Å². The number of alkyl halides is 3. The molecule has 0 fully saturated rings. The molecule has 0 heterocycles. The minimum atomic E-state index is -4.62. The number of nitrogens with zero attached hydrogens (tertiary/aromatic N) is 2. The molecule has 0 spiro atoms. The minimum absolute atomic E-state index is 0.175. The molecule has 0 saturated carbocycles. The van der Waals surface area contributed by atoms with Gasteiger partial charge in [0.1, 0.15) is 11.5 Å². The summed E-state index contributed by atoms with van der Waals surface area (Å²) < 4.78 is 51.0. The molecule has 2 nitrogen and oxygen atoms in total. The second-order valence-corrected chi connectivity index (χ2v) is 3.71. The van der Waals surface area contributed by atoms with Crippen LogP contribution >= 0.6 is 0 Å². The van der Waals surface area contributed by atoms with Gasteiger partial charge in [-0.05, 0) is 24.6 Å². The summed E-state index contributed by atoms with van der Waals surface area (Å²) in [6.07, 6.45) is -4.03. The highest BCUT2D eigenvalue weighted by Gasteiger charge is 2.33. The van der Waals surface area contributed by atoms with E-state index in [1.54, 1.807) is 6.92 Å². The van der Waals surface area contributed by atoms with E-state index in [0.29, 0.717) is 11.6 Å². The highest BCUT2D eigenvalue weighted by atomic mass is 19.4. The number of benzene rings is 1. The van der Waals surface area contributed by atoms with Gasteiger partial charge in [0.25, 0.3) is 0 Å². The fourth-order valence-electron chi connectivity index (χ4n) is 1.31. The van der Waals surface area contributed by atoms with Gasteiger partial charge >= 0.3 is 6.18 Å². The molecule has 1 aromatic rings. The molecular weight excluding hydrogens is 260 g/mol. The van der Waals surface area contributed by atoms with Crippen molar-refractivity contribution in [3.05, 3.63) is 47.8 Å². The standard InChI is InChI=1S/C13H12F4N2/c1-4-11(13(15,16)17)19-12(18-3)9-6-5-8(2)10(14)7-9/h4-7H,1H2,2-3H3/b18-12-,19-11+. The Balaban J connectivity index is 3.25. The molecule has 0 atom stereocenters. The molecule has 0 aliphatic rings. The Morgan fingerprint density at radius 2 is 1.95 bits per heavy atom. The molecule has 0 radical (unpaired) electrons. The molecule has 0 saturated heterocycles. The molecule has 1 rings (SSSR count). The van der Waals surface area contributed by atoms with Crippen LogP contribution in [-0.2, 0) is 0 Å². The average Bonchev–Trinajstić information content (AvgIpc) is 2.33. The highest BCUT2D eigenvalue weighted by molar-refractivity contribution is 6.11. The van der Waals surface area contributed by atoms with Gasteiger partial charge in [-0.3, -0.25) is 4.99 Å². The van der Waals surface area contributed by atoms with Crippen LogP contribution in [0.25, 0.3) is 0 Å². The van der Waals surface area contributed by atoms with E-state index in [-0.39, 0.29) is 11.4 Å². The number of amidine groups is 1. The zero-order valence-corrected chi connectivity index (χ0v) is 10.4. The van der Waals surface area contributed by atoms with E-state index in [9.17, 15) is 17.6 Å². The Labute approximate surface area is 108 Å². The topological polar surface area (TPSA) is 24.7 Å². The van der Waals surface area contributed by atoms with E-state index in [0.717, 1.165) is 6.07 Å². The van der Waals surface area contributed by atoms with Gasteiger partial charge in [-0.15, -0.1) is 0 Å². The molecule has 102 valence electrons. The molecule has 0 aliphatic heterocycles. The normalized spacial score (nSPS) is 13.6. The summed E-state index contributed by atoms with van der Waals surface area (Å²) >= 11 is 0. The first-order valence-corrected chi connectivity index (χ1v) is 5.31. The lowest BCUT2D eigenvalue weighted by atomic mass is 10.1. The summed E-state index contributed by atoms with van der Waals surface area (Å²) in [6.45, 7) is 4.61.